The number of benzene rings is 1. The third-order valence-corrected chi connectivity index (χ3v) is 6.66. The summed E-state index contributed by atoms with van der Waals surface area (Å²) in [6.45, 7) is 2.11. The molecule has 1 aliphatic rings. The number of fused-ring (bicyclic) bond motifs is 3. The Kier molecular flexibility index (Phi) is 7.42. The van der Waals surface area contributed by atoms with E-state index in [0.29, 0.717) is 28.8 Å². The van der Waals surface area contributed by atoms with E-state index in [-0.39, 0.29) is 19.6 Å². The van der Waals surface area contributed by atoms with Gasteiger partial charge in [0.05, 0.1) is 17.6 Å². The molecule has 0 spiro atoms. The number of rotatable bonds is 6. The van der Waals surface area contributed by atoms with Crippen LogP contribution in [0, 0.1) is 0 Å². The molecule has 1 saturated heterocycles. The number of aliphatic hydroxyl groups is 1. The predicted molar refractivity (Wildman–Crippen MR) is 138 cm³/mol. The molecule has 0 bridgehead atoms. The molecule has 5 heterocycles. The van der Waals surface area contributed by atoms with Crippen LogP contribution < -0.4 is 15.4 Å². The highest BCUT2D eigenvalue weighted by molar-refractivity contribution is 7.99. The number of amides is 1. The van der Waals surface area contributed by atoms with Crippen LogP contribution in [0.15, 0.2) is 53.2 Å². The van der Waals surface area contributed by atoms with Gasteiger partial charge in [-0.2, -0.15) is 16.3 Å². The average molecular weight is 521 g/mol. The van der Waals surface area contributed by atoms with Crippen molar-refractivity contribution in [3.8, 4) is 17.4 Å². The molecule has 1 fully saturated rings. The first-order valence-electron chi connectivity index (χ1n) is 11.5. The smallest absolute Gasteiger partial charge is 0.240 e. The summed E-state index contributed by atoms with van der Waals surface area (Å²) in [5, 5.41) is 28.2. The summed E-state index contributed by atoms with van der Waals surface area (Å²) >= 11 is 1.99. The van der Waals surface area contributed by atoms with E-state index in [4.69, 9.17) is 14.1 Å². The summed E-state index contributed by atoms with van der Waals surface area (Å²) in [6, 6.07) is 13.5. The third kappa shape index (κ3) is 5.17. The Balaban J connectivity index is 0.000000892. The first-order chi connectivity index (χ1) is 18.2. The number of aromatic nitrogens is 6. The number of aliphatic hydroxyl groups excluding tert-OH is 1. The Labute approximate surface area is 215 Å². The topological polar surface area (TPSA) is 158 Å². The molecule has 1 aromatic carbocycles. The van der Waals surface area contributed by atoms with Crippen molar-refractivity contribution in [1.29, 1.82) is 0 Å². The van der Waals surface area contributed by atoms with Gasteiger partial charge in [-0.05, 0) is 18.2 Å². The second-order valence-electron chi connectivity index (χ2n) is 7.98. The van der Waals surface area contributed by atoms with Crippen molar-refractivity contribution in [2.45, 2.75) is 13.2 Å². The summed E-state index contributed by atoms with van der Waals surface area (Å²) in [5.74, 6) is 3.46. The minimum atomic E-state index is -0.253. The number of carbonyl (C=O) groups excluding carboxylic acids is 1. The highest BCUT2D eigenvalue weighted by Crippen LogP contribution is 2.29. The molecule has 0 unspecified atom stereocenters. The van der Waals surface area contributed by atoms with Gasteiger partial charge < -0.3 is 25.0 Å². The lowest BCUT2D eigenvalue weighted by Gasteiger charge is -2.28. The van der Waals surface area contributed by atoms with E-state index in [1.165, 1.54) is 0 Å². The van der Waals surface area contributed by atoms with Crippen LogP contribution in [0.5, 0.6) is 5.88 Å². The Bertz CT molecular complexity index is 1500. The van der Waals surface area contributed by atoms with Crippen molar-refractivity contribution >= 4 is 40.3 Å². The summed E-state index contributed by atoms with van der Waals surface area (Å²) < 4.78 is 12.8. The monoisotopic (exact) mass is 520 g/mol. The Morgan fingerprint density at radius 2 is 1.92 bits per heavy atom. The van der Waals surface area contributed by atoms with Gasteiger partial charge in [0.15, 0.2) is 17.1 Å². The lowest BCUT2D eigenvalue weighted by atomic mass is 10.2. The number of anilines is 1. The van der Waals surface area contributed by atoms with Crippen LogP contribution in [0.4, 0.5) is 5.69 Å². The van der Waals surface area contributed by atoms with Gasteiger partial charge in [0.25, 0.3) is 0 Å². The van der Waals surface area contributed by atoms with Crippen molar-refractivity contribution in [1.82, 2.24) is 30.0 Å². The molecule has 0 aliphatic carbocycles. The van der Waals surface area contributed by atoms with Gasteiger partial charge in [-0.15, -0.1) is 15.3 Å². The van der Waals surface area contributed by atoms with Crippen LogP contribution in [0.25, 0.3) is 27.9 Å². The first kappa shape index (κ1) is 24.5. The third-order valence-electron chi connectivity index (χ3n) is 5.72. The van der Waals surface area contributed by atoms with E-state index in [0.717, 1.165) is 46.7 Å². The van der Waals surface area contributed by atoms with E-state index in [1.807, 2.05) is 48.3 Å². The van der Waals surface area contributed by atoms with Gasteiger partial charge in [-0.1, -0.05) is 23.4 Å². The van der Waals surface area contributed by atoms with E-state index in [2.05, 4.69) is 42.1 Å². The minimum Gasteiger partial charge on any atom is -0.470 e. The Hall–Kier alpha value is -4.23. The maximum absolute atomic E-state index is 9.29. The number of pyridine rings is 1. The average Bonchev–Trinajstić information content (AvgIpc) is 3.60. The molecule has 37 heavy (non-hydrogen) atoms. The van der Waals surface area contributed by atoms with Gasteiger partial charge in [0.2, 0.25) is 18.1 Å². The highest BCUT2D eigenvalue weighted by atomic mass is 32.2. The maximum atomic E-state index is 9.29. The van der Waals surface area contributed by atoms with Crippen molar-refractivity contribution in [2.24, 2.45) is 5.73 Å². The maximum Gasteiger partial charge on any atom is 0.240 e. The van der Waals surface area contributed by atoms with E-state index >= 15 is 0 Å². The number of nitrogens with two attached hydrogens (primary N) is 1. The van der Waals surface area contributed by atoms with Gasteiger partial charge in [-0.25, -0.2) is 0 Å². The molecule has 5 aromatic rings. The van der Waals surface area contributed by atoms with Crippen molar-refractivity contribution in [3.05, 3.63) is 60.1 Å². The van der Waals surface area contributed by atoms with Crippen LogP contribution in [0.1, 0.15) is 11.5 Å². The molecule has 190 valence electrons. The molecule has 0 atom stereocenters. The molecule has 4 aromatic heterocycles. The zero-order valence-corrected chi connectivity index (χ0v) is 20.5. The first-order valence-corrected chi connectivity index (χ1v) is 12.6. The fraction of sp³-hybridized carbons (Fsp3) is 0.250. The molecule has 6 rings (SSSR count). The zero-order chi connectivity index (χ0) is 25.6. The second kappa shape index (κ2) is 11.2. The van der Waals surface area contributed by atoms with Gasteiger partial charge >= 0.3 is 0 Å². The van der Waals surface area contributed by atoms with Gasteiger partial charge in [0, 0.05) is 41.4 Å². The van der Waals surface area contributed by atoms with Crippen LogP contribution in [-0.2, 0) is 18.0 Å². The van der Waals surface area contributed by atoms with Crippen molar-refractivity contribution < 1.29 is 19.2 Å². The van der Waals surface area contributed by atoms with Gasteiger partial charge in [0.1, 0.15) is 13.2 Å². The normalized spacial score (nSPS) is 13.4. The lowest BCUT2D eigenvalue weighted by Crippen LogP contribution is -2.32. The molecule has 1 aliphatic heterocycles. The molecule has 12 nitrogen and oxygen atoms in total. The van der Waals surface area contributed by atoms with Crippen LogP contribution in [0.3, 0.4) is 0 Å². The Morgan fingerprint density at radius 3 is 2.62 bits per heavy atom. The molecule has 13 heteroatoms. The predicted octanol–water partition coefficient (Wildman–Crippen LogP) is 2.05. The Morgan fingerprint density at radius 1 is 1.14 bits per heavy atom. The fourth-order valence-corrected chi connectivity index (χ4v) is 4.87. The lowest BCUT2D eigenvalue weighted by molar-refractivity contribution is -0.106. The minimum absolute atomic E-state index is 0.250. The number of thioether (sulfide) groups is 1. The van der Waals surface area contributed by atoms with Crippen LogP contribution in [-0.4, -0.2) is 66.1 Å². The summed E-state index contributed by atoms with van der Waals surface area (Å²) in [4.78, 5) is 15.5. The number of hydrogen-bond acceptors (Lipinski definition) is 11. The number of nitrogens with zero attached hydrogens (tertiary/aromatic N) is 7. The zero-order valence-electron chi connectivity index (χ0n) is 19.7. The summed E-state index contributed by atoms with van der Waals surface area (Å²) in [7, 11) is 0. The standard InChI is InChI=1S/C23H21N7O3S.CH3NO/c31-13-17-11-20(28-33-17)22-26-25-21-18-3-1-2-4-19(18)23(27-30(21)22)32-14-15-5-6-16(12-24-15)29-7-9-34-10-8-29;2-1-3/h1-6,11-12,31H,7-10,13-14H2;1H,(H2,2,3). The molecule has 0 radical (unpaired) electrons. The van der Waals surface area contributed by atoms with Crippen molar-refractivity contribution in [3.63, 3.8) is 0 Å². The molecular formula is C24H24N8O4S. The van der Waals surface area contributed by atoms with E-state index in [1.54, 1.807) is 10.6 Å². The largest absolute Gasteiger partial charge is 0.470 e. The van der Waals surface area contributed by atoms with Crippen LogP contribution >= 0.6 is 11.8 Å². The van der Waals surface area contributed by atoms with Gasteiger partial charge in [-0.3, -0.25) is 9.78 Å². The quantitative estimate of drug-likeness (QED) is 0.316. The number of hydrogen-bond donors (Lipinski definition) is 2. The second-order valence-corrected chi connectivity index (χ2v) is 9.20. The molecular weight excluding hydrogens is 496 g/mol. The van der Waals surface area contributed by atoms with Crippen molar-refractivity contribution in [2.75, 3.05) is 29.5 Å². The van der Waals surface area contributed by atoms with E-state index < -0.39 is 0 Å². The number of primary amides is 1. The molecule has 0 saturated carbocycles. The van der Waals surface area contributed by atoms with Crippen LogP contribution in [0.2, 0.25) is 0 Å². The number of carbonyl (C=O) groups is 1. The summed E-state index contributed by atoms with van der Waals surface area (Å²) in [6.07, 6.45) is 2.16. The highest BCUT2D eigenvalue weighted by Gasteiger charge is 2.19. The molecule has 3 N–H and O–H groups in total. The number of ether oxygens (including phenoxy) is 1. The van der Waals surface area contributed by atoms with E-state index in [9.17, 15) is 5.11 Å². The summed E-state index contributed by atoms with van der Waals surface area (Å²) in [5.41, 5.74) is 7.12. The molecule has 1 amide bonds. The fourth-order valence-electron chi connectivity index (χ4n) is 3.96. The SMILES string of the molecule is NC=O.OCc1cc(-c2nnc3c4ccccc4c(OCc4ccc(N5CCSCC5)cn4)nn23)no1.